The molecule has 2 fully saturated rings. The minimum absolute atomic E-state index is 0. The molecule has 1 saturated carbocycles. The average Bonchev–Trinajstić information content (AvgIpc) is 3.52. The molecule has 0 N–H and O–H groups in total. The van der Waals surface area contributed by atoms with Gasteiger partial charge in [0.1, 0.15) is 0 Å². The van der Waals surface area contributed by atoms with E-state index in [-0.39, 0.29) is 24.8 Å². The van der Waals surface area contributed by atoms with Gasteiger partial charge in [-0.2, -0.15) is 0 Å². The predicted molar refractivity (Wildman–Crippen MR) is 233 cm³/mol. The first kappa shape index (κ1) is 37.0. The van der Waals surface area contributed by atoms with Crippen LogP contribution in [0.2, 0.25) is 7.35 Å². The molecule has 8 aromatic carbocycles. The Labute approximate surface area is 352 Å². The zero-order valence-electron chi connectivity index (χ0n) is 32.4. The van der Waals surface area contributed by atoms with Gasteiger partial charge in [-0.1, -0.05) is 0 Å². The summed E-state index contributed by atoms with van der Waals surface area (Å²) in [7, 11) is 0. The van der Waals surface area contributed by atoms with Crippen LogP contribution in [-0.4, -0.2) is 0 Å². The first-order chi connectivity index (χ1) is 27.1. The van der Waals surface area contributed by atoms with Crippen LogP contribution in [0.1, 0.15) is 69.1 Å². The van der Waals surface area contributed by atoms with Crippen molar-refractivity contribution in [2.75, 3.05) is 0 Å². The van der Waals surface area contributed by atoms with Crippen LogP contribution in [0, 0.1) is 0 Å². The Morgan fingerprint density at radius 2 is 0.772 bits per heavy atom. The summed E-state index contributed by atoms with van der Waals surface area (Å²) >= 11 is -3.32. The summed E-state index contributed by atoms with van der Waals surface area (Å²) in [4.78, 5) is 0. The molecular weight excluding hydrogens is 898 g/mol. The van der Waals surface area contributed by atoms with Crippen LogP contribution in [0.15, 0.2) is 157 Å². The zero-order chi connectivity index (χ0) is 36.4. The van der Waals surface area contributed by atoms with Gasteiger partial charge in [-0.15, -0.1) is 0 Å². The third-order valence-corrected chi connectivity index (χ3v) is 40.1. The molecular formula is C54H44Cl2Hf. The largest absolute Gasteiger partial charge is 1.00 e. The van der Waals surface area contributed by atoms with Crippen molar-refractivity contribution in [2.45, 2.75) is 54.2 Å². The summed E-state index contributed by atoms with van der Waals surface area (Å²) in [6.07, 6.45) is 11.0. The third kappa shape index (κ3) is 5.21. The van der Waals surface area contributed by atoms with Crippen molar-refractivity contribution in [2.24, 2.45) is 0 Å². The molecule has 4 atom stereocenters. The fraction of sp³-hybridized carbons (Fsp3) is 0.185. The van der Waals surface area contributed by atoms with Crippen LogP contribution in [0.5, 0.6) is 0 Å². The SMILES string of the molecule is CC1=Cc2c(-c3c4ccccc4cc4ccccc34)cccc2[CH]1[Hf+2]1([CH]2C(C)=Cc3c(-c4c5ccccc5cc5ccccc45)cccc32)[CH]2CCCC[CH]21.[Cl-].[Cl-]. The van der Waals surface area contributed by atoms with E-state index in [2.05, 4.69) is 172 Å². The summed E-state index contributed by atoms with van der Waals surface area (Å²) in [5.41, 5.74) is 15.3. The summed E-state index contributed by atoms with van der Waals surface area (Å²) < 4.78 is 3.17. The molecule has 278 valence electrons. The van der Waals surface area contributed by atoms with Gasteiger partial charge in [-0.3, -0.25) is 0 Å². The van der Waals surface area contributed by atoms with E-state index in [4.69, 9.17) is 0 Å². The Morgan fingerprint density at radius 3 is 1.14 bits per heavy atom. The Bertz CT molecular complexity index is 2690. The fourth-order valence-corrected chi connectivity index (χ4v) is 48.2. The van der Waals surface area contributed by atoms with E-state index in [1.165, 1.54) is 102 Å². The van der Waals surface area contributed by atoms with Gasteiger partial charge in [0.05, 0.1) is 0 Å². The van der Waals surface area contributed by atoms with E-state index in [9.17, 15) is 0 Å². The van der Waals surface area contributed by atoms with E-state index >= 15 is 0 Å². The number of fused-ring (bicyclic) bond motifs is 7. The van der Waals surface area contributed by atoms with Crippen LogP contribution >= 0.6 is 0 Å². The molecule has 1 saturated heterocycles. The minimum Gasteiger partial charge on any atom is -1.00 e. The molecule has 0 amide bonds. The summed E-state index contributed by atoms with van der Waals surface area (Å²) in [6.45, 7) is 5.05. The van der Waals surface area contributed by atoms with Crippen LogP contribution in [-0.2, 0) is 20.0 Å². The summed E-state index contributed by atoms with van der Waals surface area (Å²) in [5.74, 6) is 0. The molecule has 8 aromatic rings. The van der Waals surface area contributed by atoms with Crippen LogP contribution < -0.4 is 24.8 Å². The Hall–Kier alpha value is -4.27. The average molecular weight is 942 g/mol. The van der Waals surface area contributed by atoms with Gasteiger partial charge in [-0.25, -0.2) is 0 Å². The molecule has 0 spiro atoms. The van der Waals surface area contributed by atoms with Gasteiger partial charge in [0, 0.05) is 0 Å². The van der Waals surface area contributed by atoms with Gasteiger partial charge in [-0.05, 0) is 0 Å². The van der Waals surface area contributed by atoms with Crippen molar-refractivity contribution < 1.29 is 44.8 Å². The molecule has 12 rings (SSSR count). The van der Waals surface area contributed by atoms with Crippen LogP contribution in [0.4, 0.5) is 0 Å². The summed E-state index contributed by atoms with van der Waals surface area (Å²) in [5, 5.41) is 10.7. The van der Waals surface area contributed by atoms with Crippen LogP contribution in [0.3, 0.4) is 0 Å². The maximum atomic E-state index is 2.66. The molecule has 4 aliphatic rings. The maximum absolute atomic E-state index is 3.32. The molecule has 1 aliphatic heterocycles. The van der Waals surface area contributed by atoms with Gasteiger partial charge >= 0.3 is 331 Å². The quantitative estimate of drug-likeness (QED) is 0.122. The Morgan fingerprint density at radius 1 is 0.421 bits per heavy atom. The van der Waals surface area contributed by atoms with E-state index < -0.39 is 20.0 Å². The second-order valence-electron chi connectivity index (χ2n) is 17.1. The first-order valence-corrected chi connectivity index (χ1v) is 28.9. The molecule has 1 heterocycles. The Kier molecular flexibility index (Phi) is 9.06. The van der Waals surface area contributed by atoms with Gasteiger partial charge in [0.15, 0.2) is 0 Å². The second kappa shape index (κ2) is 13.9. The van der Waals surface area contributed by atoms with Gasteiger partial charge < -0.3 is 24.8 Å². The second-order valence-corrected chi connectivity index (χ2v) is 33.8. The molecule has 3 heteroatoms. The smallest absolute Gasteiger partial charge is 1.00 e. The Balaban J connectivity index is 0.00000198. The fourth-order valence-electron chi connectivity index (χ4n) is 12.7. The molecule has 0 nitrogen and oxygen atoms in total. The zero-order valence-corrected chi connectivity index (χ0v) is 37.5. The van der Waals surface area contributed by atoms with E-state index in [1.54, 1.807) is 22.3 Å². The molecule has 0 aromatic heterocycles. The number of halogens is 2. The number of allylic oxidation sites excluding steroid dienone is 2. The van der Waals surface area contributed by atoms with E-state index in [1.807, 2.05) is 0 Å². The molecule has 4 unspecified atom stereocenters. The van der Waals surface area contributed by atoms with Crippen LogP contribution in [0.25, 0.3) is 77.5 Å². The van der Waals surface area contributed by atoms with Crippen molar-refractivity contribution in [1.82, 2.24) is 0 Å². The molecule has 3 aliphatic carbocycles. The standard InChI is InChI=1S/2C24H17.C6H10.2ClH.Hf/c2*1-16-13-17-9-6-12-22(23(17)14-16)24-20-10-4-2-7-18(20)15-19-8-3-5-11-21(19)24;1-2-4-6-5-3-1;;;/h2*2-15H,1H3;1-2H,3-6H2;2*1H;/q;;;;;+2/p-2. The predicted octanol–water partition coefficient (Wildman–Crippen LogP) is 9.58. The van der Waals surface area contributed by atoms with Gasteiger partial charge in [0.2, 0.25) is 0 Å². The molecule has 57 heavy (non-hydrogen) atoms. The summed E-state index contributed by atoms with van der Waals surface area (Å²) in [6, 6.07) is 55.7. The van der Waals surface area contributed by atoms with Crippen molar-refractivity contribution in [3.8, 4) is 22.3 Å². The van der Waals surface area contributed by atoms with Crippen molar-refractivity contribution in [3.05, 3.63) is 179 Å². The van der Waals surface area contributed by atoms with Gasteiger partial charge in [0.25, 0.3) is 0 Å². The number of hydrogen-bond donors (Lipinski definition) is 0. The van der Waals surface area contributed by atoms with Crippen molar-refractivity contribution >= 4 is 55.2 Å². The molecule has 0 radical (unpaired) electrons. The normalized spacial score (nSPS) is 21.9. The monoisotopic (exact) mass is 942 g/mol. The third-order valence-electron chi connectivity index (χ3n) is 14.6. The van der Waals surface area contributed by atoms with Crippen molar-refractivity contribution in [1.29, 1.82) is 0 Å². The number of rotatable bonds is 4. The maximum Gasteiger partial charge on any atom is -1.00 e. The number of hydrogen-bond acceptors (Lipinski definition) is 0. The molecule has 0 bridgehead atoms. The van der Waals surface area contributed by atoms with E-state index in [0.717, 1.165) is 7.35 Å². The topological polar surface area (TPSA) is 0 Å². The minimum atomic E-state index is -3.32. The van der Waals surface area contributed by atoms with Crippen molar-refractivity contribution in [3.63, 3.8) is 0 Å². The van der Waals surface area contributed by atoms with E-state index in [0.29, 0.717) is 7.35 Å². The number of benzene rings is 8. The first-order valence-electron chi connectivity index (χ1n) is 20.6.